The maximum absolute atomic E-state index is 12.6. The topological polar surface area (TPSA) is 58.6 Å². The number of hydrogen-bond donors (Lipinski definition) is 1. The van der Waals surface area contributed by atoms with Gasteiger partial charge in [-0.15, -0.1) is 6.42 Å². The second-order valence-electron chi connectivity index (χ2n) is 6.05. The molecule has 0 atom stereocenters. The van der Waals surface area contributed by atoms with E-state index in [4.69, 9.17) is 11.2 Å². The highest BCUT2D eigenvalue weighted by atomic mass is 79.9. The highest BCUT2D eigenvalue weighted by molar-refractivity contribution is 9.10. The van der Waals surface area contributed by atoms with E-state index in [1.165, 1.54) is 4.90 Å². The van der Waals surface area contributed by atoms with Crippen LogP contribution < -0.4 is 10.1 Å². The van der Waals surface area contributed by atoms with Gasteiger partial charge in [-0.2, -0.15) is 0 Å². The van der Waals surface area contributed by atoms with E-state index in [1.54, 1.807) is 24.3 Å². The Morgan fingerprint density at radius 1 is 1.26 bits per heavy atom. The minimum Gasteiger partial charge on any atom is -0.480 e. The highest BCUT2D eigenvalue weighted by Gasteiger charge is 2.33. The summed E-state index contributed by atoms with van der Waals surface area (Å²) in [6.45, 7) is 2.36. The first kappa shape index (κ1) is 18.7. The molecule has 1 aliphatic heterocycles. The van der Waals surface area contributed by atoms with Crippen molar-refractivity contribution in [1.29, 1.82) is 0 Å². The van der Waals surface area contributed by atoms with Gasteiger partial charge in [-0.25, -0.2) is 4.79 Å². The maximum Gasteiger partial charge on any atom is 0.329 e. The summed E-state index contributed by atoms with van der Waals surface area (Å²) < 4.78 is 6.10. The van der Waals surface area contributed by atoms with Crippen molar-refractivity contribution < 1.29 is 14.3 Å². The van der Waals surface area contributed by atoms with Gasteiger partial charge < -0.3 is 10.1 Å². The summed E-state index contributed by atoms with van der Waals surface area (Å²) >= 11 is 3.41. The molecule has 3 amide bonds. The summed E-state index contributed by atoms with van der Waals surface area (Å²) in [7, 11) is 0. The Bertz CT molecular complexity index is 976. The number of imide groups is 1. The maximum atomic E-state index is 12.6. The van der Waals surface area contributed by atoms with E-state index in [2.05, 4.69) is 27.2 Å². The third-order valence-corrected chi connectivity index (χ3v) is 4.58. The van der Waals surface area contributed by atoms with Gasteiger partial charge in [0.05, 0.1) is 11.0 Å². The van der Waals surface area contributed by atoms with Gasteiger partial charge in [0.1, 0.15) is 18.1 Å². The number of ether oxygens (including phenoxy) is 1. The van der Waals surface area contributed by atoms with Gasteiger partial charge in [0.2, 0.25) is 0 Å². The highest BCUT2D eigenvalue weighted by Crippen LogP contribution is 2.27. The number of hydrogen-bond acceptors (Lipinski definition) is 3. The first-order valence-corrected chi connectivity index (χ1v) is 9.03. The Labute approximate surface area is 166 Å². The molecule has 27 heavy (non-hydrogen) atoms. The number of carbonyl (C=O) groups is 2. The van der Waals surface area contributed by atoms with Gasteiger partial charge in [0, 0.05) is 0 Å². The molecule has 6 heteroatoms. The van der Waals surface area contributed by atoms with Crippen LogP contribution in [-0.4, -0.2) is 23.4 Å². The Kier molecular flexibility index (Phi) is 5.63. The number of nitrogens with one attached hydrogen (secondary N) is 1. The van der Waals surface area contributed by atoms with E-state index in [0.717, 1.165) is 16.7 Å². The number of carbonyl (C=O) groups excluding carboxylic acids is 2. The van der Waals surface area contributed by atoms with Crippen LogP contribution in [0.3, 0.4) is 0 Å². The predicted molar refractivity (Wildman–Crippen MR) is 107 cm³/mol. The average molecular weight is 425 g/mol. The molecule has 136 valence electrons. The number of halogens is 1. The zero-order valence-electron chi connectivity index (χ0n) is 14.7. The van der Waals surface area contributed by atoms with Gasteiger partial charge in [-0.05, 0) is 52.2 Å². The van der Waals surface area contributed by atoms with Crippen LogP contribution in [0.5, 0.6) is 5.75 Å². The fourth-order valence-electron chi connectivity index (χ4n) is 2.72. The lowest BCUT2D eigenvalue weighted by molar-refractivity contribution is -0.123. The van der Waals surface area contributed by atoms with Crippen LogP contribution in [0.1, 0.15) is 16.7 Å². The molecule has 5 nitrogen and oxygen atoms in total. The van der Waals surface area contributed by atoms with Gasteiger partial charge in [0.25, 0.3) is 5.91 Å². The summed E-state index contributed by atoms with van der Waals surface area (Å²) in [4.78, 5) is 26.0. The standard InChI is InChI=1S/C21H17BrN2O3/c1-3-9-27-19-8-7-15(11-17(19)22)12-18-20(25)24(21(26)23-18)13-16-6-4-5-14(2)10-16/h1,4-8,10-12H,9,13H2,2H3,(H,23,26)/b18-12+. The van der Waals surface area contributed by atoms with Crippen molar-refractivity contribution in [3.63, 3.8) is 0 Å². The molecule has 2 aromatic carbocycles. The molecular weight excluding hydrogens is 408 g/mol. The van der Waals surface area contributed by atoms with Gasteiger partial charge in [-0.3, -0.25) is 9.69 Å². The zero-order valence-corrected chi connectivity index (χ0v) is 16.2. The molecule has 1 N–H and O–H groups in total. The fraction of sp³-hybridized carbons (Fsp3) is 0.143. The molecule has 0 radical (unpaired) electrons. The molecule has 1 heterocycles. The van der Waals surface area contributed by atoms with Gasteiger partial charge in [-0.1, -0.05) is 41.8 Å². The fourth-order valence-corrected chi connectivity index (χ4v) is 3.23. The van der Waals surface area contributed by atoms with Crippen molar-refractivity contribution in [2.45, 2.75) is 13.5 Å². The number of aryl methyl sites for hydroxylation is 1. The Hall–Kier alpha value is -3.04. The molecule has 1 aliphatic rings. The van der Waals surface area contributed by atoms with Crippen LogP contribution in [0.15, 0.2) is 52.6 Å². The van der Waals surface area contributed by atoms with E-state index in [9.17, 15) is 9.59 Å². The lowest BCUT2D eigenvalue weighted by Crippen LogP contribution is -2.30. The van der Waals surface area contributed by atoms with E-state index >= 15 is 0 Å². The van der Waals surface area contributed by atoms with Crippen LogP contribution in [0, 0.1) is 19.3 Å². The molecule has 1 fully saturated rings. The largest absolute Gasteiger partial charge is 0.480 e. The molecule has 0 saturated carbocycles. The smallest absolute Gasteiger partial charge is 0.329 e. The summed E-state index contributed by atoms with van der Waals surface area (Å²) in [5.41, 5.74) is 2.96. The number of rotatable bonds is 5. The van der Waals surface area contributed by atoms with Crippen LogP contribution >= 0.6 is 15.9 Å². The van der Waals surface area contributed by atoms with E-state index in [0.29, 0.717) is 10.2 Å². The molecule has 2 aromatic rings. The summed E-state index contributed by atoms with van der Waals surface area (Å²) in [5.74, 6) is 2.66. The second-order valence-corrected chi connectivity index (χ2v) is 6.91. The average Bonchev–Trinajstić information content (AvgIpc) is 2.89. The van der Waals surface area contributed by atoms with Gasteiger partial charge >= 0.3 is 6.03 Å². The monoisotopic (exact) mass is 424 g/mol. The van der Waals surface area contributed by atoms with Gasteiger partial charge in [0.15, 0.2) is 0 Å². The predicted octanol–water partition coefficient (Wildman–Crippen LogP) is 3.86. The van der Waals surface area contributed by atoms with Crippen molar-refractivity contribution in [3.8, 4) is 18.1 Å². The summed E-state index contributed by atoms with van der Waals surface area (Å²) in [6, 6.07) is 12.6. The minimum absolute atomic E-state index is 0.168. The molecule has 0 bridgehead atoms. The van der Waals surface area contributed by atoms with Crippen LogP contribution in [0.2, 0.25) is 0 Å². The molecule has 0 unspecified atom stereocenters. The number of benzene rings is 2. The molecule has 1 saturated heterocycles. The Balaban J connectivity index is 1.78. The third-order valence-electron chi connectivity index (χ3n) is 3.96. The number of terminal acetylenes is 1. The van der Waals surface area contributed by atoms with Crippen molar-refractivity contribution in [3.05, 3.63) is 69.3 Å². The summed E-state index contributed by atoms with van der Waals surface area (Å²) in [6.07, 6.45) is 6.82. The quantitative estimate of drug-likeness (QED) is 0.450. The van der Waals surface area contributed by atoms with Crippen LogP contribution in [0.25, 0.3) is 6.08 Å². The normalized spacial score (nSPS) is 15.0. The van der Waals surface area contributed by atoms with Crippen molar-refractivity contribution in [1.82, 2.24) is 10.2 Å². The SMILES string of the molecule is C#CCOc1ccc(/C=C2/NC(=O)N(Cc3cccc(C)c3)C2=O)cc1Br. The van der Waals surface area contributed by atoms with Crippen LogP contribution in [-0.2, 0) is 11.3 Å². The minimum atomic E-state index is -0.430. The van der Waals surface area contributed by atoms with E-state index < -0.39 is 6.03 Å². The van der Waals surface area contributed by atoms with Crippen molar-refractivity contribution in [2.75, 3.05) is 6.61 Å². The van der Waals surface area contributed by atoms with E-state index in [-0.39, 0.29) is 24.8 Å². The lowest BCUT2D eigenvalue weighted by atomic mass is 10.1. The van der Waals surface area contributed by atoms with Crippen LogP contribution in [0.4, 0.5) is 4.79 Å². The molecule has 0 aromatic heterocycles. The number of urea groups is 1. The third kappa shape index (κ3) is 4.39. The Morgan fingerprint density at radius 2 is 2.07 bits per heavy atom. The molecule has 3 rings (SSSR count). The van der Waals surface area contributed by atoms with E-state index in [1.807, 2.05) is 31.2 Å². The van der Waals surface area contributed by atoms with Crippen molar-refractivity contribution >= 4 is 33.9 Å². The lowest BCUT2D eigenvalue weighted by Gasteiger charge is -2.12. The zero-order chi connectivity index (χ0) is 19.4. The Morgan fingerprint density at radius 3 is 2.78 bits per heavy atom. The van der Waals surface area contributed by atoms with Crippen molar-refractivity contribution in [2.24, 2.45) is 0 Å². The number of nitrogens with zero attached hydrogens (tertiary/aromatic N) is 1. The molecule has 0 aliphatic carbocycles. The second kappa shape index (κ2) is 8.11. The first-order chi connectivity index (χ1) is 13.0. The molecule has 0 spiro atoms. The number of amides is 3. The molecular formula is C21H17BrN2O3. The summed E-state index contributed by atoms with van der Waals surface area (Å²) in [5, 5.41) is 2.63. The first-order valence-electron chi connectivity index (χ1n) is 8.24.